The van der Waals surface area contributed by atoms with Crippen LogP contribution < -0.4 is 9.64 Å². The van der Waals surface area contributed by atoms with Crippen LogP contribution in [0.4, 0.5) is 15.3 Å². The molecule has 2 aromatic rings. The van der Waals surface area contributed by atoms with Crippen LogP contribution in [0.15, 0.2) is 66.1 Å². The summed E-state index contributed by atoms with van der Waals surface area (Å²) in [6.07, 6.45) is -0.395. The second kappa shape index (κ2) is 8.00. The quantitative estimate of drug-likeness (QED) is 0.533. The van der Waals surface area contributed by atoms with Crippen molar-refractivity contribution < 1.29 is 23.9 Å². The molecule has 8 heteroatoms. The molecule has 0 bridgehead atoms. The predicted octanol–water partition coefficient (Wildman–Crippen LogP) is 3.80. The Bertz CT molecular complexity index is 978. The number of thioether (sulfide) groups is 1. The molecule has 29 heavy (non-hydrogen) atoms. The number of anilines is 1. The van der Waals surface area contributed by atoms with Crippen molar-refractivity contribution in [3.05, 3.63) is 71.6 Å². The number of hydrogen-bond donors (Lipinski definition) is 0. The molecule has 4 rings (SSSR count). The maximum Gasteiger partial charge on any atom is 0.410 e. The summed E-state index contributed by atoms with van der Waals surface area (Å²) in [5, 5.41) is -0.409. The smallest absolute Gasteiger partial charge is 0.410 e. The summed E-state index contributed by atoms with van der Waals surface area (Å²) in [5.74, 6) is -0.0532. The Morgan fingerprint density at radius 2 is 1.83 bits per heavy atom. The van der Waals surface area contributed by atoms with Gasteiger partial charge in [-0.3, -0.25) is 14.5 Å². The molecule has 1 atom stereocenters. The van der Waals surface area contributed by atoms with Gasteiger partial charge in [0.2, 0.25) is 0 Å². The van der Waals surface area contributed by atoms with Crippen LogP contribution >= 0.6 is 11.8 Å². The van der Waals surface area contributed by atoms with Gasteiger partial charge < -0.3 is 9.47 Å². The molecule has 2 heterocycles. The number of amides is 3. The third-order valence-corrected chi connectivity index (χ3v) is 5.30. The van der Waals surface area contributed by atoms with E-state index in [-0.39, 0.29) is 24.2 Å². The molecule has 0 spiro atoms. The predicted molar refractivity (Wildman–Crippen MR) is 109 cm³/mol. The van der Waals surface area contributed by atoms with Crippen LogP contribution in [0.2, 0.25) is 0 Å². The van der Waals surface area contributed by atoms with Crippen LogP contribution in [-0.2, 0) is 16.1 Å². The van der Waals surface area contributed by atoms with Gasteiger partial charge in [-0.05, 0) is 29.5 Å². The Morgan fingerprint density at radius 3 is 2.55 bits per heavy atom. The molecular weight excluding hydrogens is 392 g/mol. The van der Waals surface area contributed by atoms with Crippen LogP contribution in [0, 0.1) is 0 Å². The first-order valence-electron chi connectivity index (χ1n) is 8.99. The third kappa shape index (κ3) is 4.12. The SMILES string of the molecule is C=C1SC(=O)N(c2ccccc2OC[C@H]2CN2C(=O)OCc2ccccc2)C1=O. The Kier molecular flexibility index (Phi) is 5.26. The summed E-state index contributed by atoms with van der Waals surface area (Å²) < 4.78 is 11.1. The molecule has 0 radical (unpaired) electrons. The van der Waals surface area contributed by atoms with Crippen molar-refractivity contribution in [1.29, 1.82) is 0 Å². The Hall–Kier alpha value is -3.26. The standard InChI is InChI=1S/C21H18N2O5S/c1-14-19(24)23(21(26)29-14)17-9-5-6-10-18(17)27-13-16-11-22(16)20(25)28-12-15-7-3-2-4-8-15/h2-10,16H,1,11-13H2/t16-,22?/m1/s1. The Labute approximate surface area is 171 Å². The molecule has 7 nitrogen and oxygen atoms in total. The van der Waals surface area contributed by atoms with Gasteiger partial charge in [-0.2, -0.15) is 0 Å². The normalized spacial score (nSPS) is 18.2. The molecule has 0 unspecified atom stereocenters. The molecule has 2 aromatic carbocycles. The molecule has 148 valence electrons. The van der Waals surface area contributed by atoms with E-state index in [1.807, 2.05) is 30.3 Å². The van der Waals surface area contributed by atoms with Gasteiger partial charge in [0.1, 0.15) is 19.0 Å². The zero-order valence-electron chi connectivity index (χ0n) is 15.4. The lowest BCUT2D eigenvalue weighted by Crippen LogP contribution is -2.28. The summed E-state index contributed by atoms with van der Waals surface area (Å²) in [6, 6.07) is 16.1. The fraction of sp³-hybridized carbons (Fsp3) is 0.190. The molecule has 2 fully saturated rings. The van der Waals surface area contributed by atoms with Crippen LogP contribution in [0.5, 0.6) is 5.75 Å². The van der Waals surface area contributed by atoms with E-state index in [2.05, 4.69) is 6.58 Å². The summed E-state index contributed by atoms with van der Waals surface area (Å²) >= 11 is 0.803. The van der Waals surface area contributed by atoms with Gasteiger partial charge in [0.15, 0.2) is 0 Å². The summed E-state index contributed by atoms with van der Waals surface area (Å²) in [5.41, 5.74) is 1.29. The maximum atomic E-state index is 12.2. The van der Waals surface area contributed by atoms with Gasteiger partial charge in [0, 0.05) is 6.54 Å². The molecule has 2 aliphatic heterocycles. The first kappa shape index (κ1) is 19.1. The lowest BCUT2D eigenvalue weighted by atomic mass is 10.2. The Morgan fingerprint density at radius 1 is 1.10 bits per heavy atom. The highest BCUT2D eigenvalue weighted by atomic mass is 32.2. The zero-order valence-corrected chi connectivity index (χ0v) is 16.3. The number of ether oxygens (including phenoxy) is 2. The van der Waals surface area contributed by atoms with Crippen molar-refractivity contribution in [2.75, 3.05) is 18.1 Å². The van der Waals surface area contributed by atoms with Crippen LogP contribution in [-0.4, -0.2) is 41.3 Å². The second-order valence-electron chi connectivity index (χ2n) is 6.56. The third-order valence-electron chi connectivity index (χ3n) is 4.53. The fourth-order valence-electron chi connectivity index (χ4n) is 2.91. The van der Waals surface area contributed by atoms with Crippen LogP contribution in [0.25, 0.3) is 0 Å². The van der Waals surface area contributed by atoms with Gasteiger partial charge >= 0.3 is 6.09 Å². The fourth-order valence-corrected chi connectivity index (χ4v) is 3.57. The zero-order chi connectivity index (χ0) is 20.4. The minimum absolute atomic E-state index is 0.111. The minimum Gasteiger partial charge on any atom is -0.489 e. The van der Waals surface area contributed by atoms with Gasteiger partial charge in [-0.15, -0.1) is 0 Å². The molecule has 0 aromatic heterocycles. The van der Waals surface area contributed by atoms with E-state index in [4.69, 9.17) is 9.47 Å². The molecule has 2 aliphatic rings. The average molecular weight is 410 g/mol. The lowest BCUT2D eigenvalue weighted by Gasteiger charge is -2.17. The molecule has 2 saturated heterocycles. The second-order valence-corrected chi connectivity index (χ2v) is 7.60. The highest BCUT2D eigenvalue weighted by Gasteiger charge is 2.41. The van der Waals surface area contributed by atoms with Gasteiger partial charge in [-0.25, -0.2) is 9.69 Å². The Balaban J connectivity index is 1.33. The first-order chi connectivity index (χ1) is 14.0. The number of carbonyl (C=O) groups is 3. The van der Waals surface area contributed by atoms with E-state index in [0.29, 0.717) is 18.0 Å². The van der Waals surface area contributed by atoms with Crippen molar-refractivity contribution in [2.45, 2.75) is 12.6 Å². The number of carbonyl (C=O) groups excluding carboxylic acids is 3. The van der Waals surface area contributed by atoms with E-state index in [9.17, 15) is 14.4 Å². The van der Waals surface area contributed by atoms with Gasteiger partial charge in [0.05, 0.1) is 16.6 Å². The number of rotatable bonds is 6. The van der Waals surface area contributed by atoms with E-state index < -0.39 is 17.2 Å². The van der Waals surface area contributed by atoms with Crippen LogP contribution in [0.1, 0.15) is 5.56 Å². The highest BCUT2D eigenvalue weighted by Crippen LogP contribution is 2.38. The minimum atomic E-state index is -0.450. The van der Waals surface area contributed by atoms with E-state index in [1.165, 1.54) is 0 Å². The van der Waals surface area contributed by atoms with Gasteiger partial charge in [-0.1, -0.05) is 49.0 Å². The van der Waals surface area contributed by atoms with Crippen molar-refractivity contribution in [3.8, 4) is 5.75 Å². The lowest BCUT2D eigenvalue weighted by molar-refractivity contribution is -0.113. The average Bonchev–Trinajstić information content (AvgIpc) is 3.46. The maximum absolute atomic E-state index is 12.2. The first-order valence-corrected chi connectivity index (χ1v) is 9.80. The summed E-state index contributed by atoms with van der Waals surface area (Å²) in [6.45, 7) is 4.58. The molecule has 0 aliphatic carbocycles. The molecule has 3 amide bonds. The van der Waals surface area contributed by atoms with Crippen molar-refractivity contribution in [3.63, 3.8) is 0 Å². The number of nitrogens with zero attached hydrogens (tertiary/aromatic N) is 2. The molecular formula is C21H18N2O5S. The molecule has 0 N–H and O–H groups in total. The van der Waals surface area contributed by atoms with E-state index in [1.54, 1.807) is 29.2 Å². The largest absolute Gasteiger partial charge is 0.489 e. The van der Waals surface area contributed by atoms with Gasteiger partial charge in [0.25, 0.3) is 11.1 Å². The van der Waals surface area contributed by atoms with Crippen molar-refractivity contribution in [2.24, 2.45) is 0 Å². The summed E-state index contributed by atoms with van der Waals surface area (Å²) in [4.78, 5) is 39.3. The van der Waals surface area contributed by atoms with E-state index in [0.717, 1.165) is 22.2 Å². The number of hydrogen-bond acceptors (Lipinski definition) is 6. The topological polar surface area (TPSA) is 75.9 Å². The van der Waals surface area contributed by atoms with Crippen molar-refractivity contribution >= 4 is 34.7 Å². The molecule has 0 saturated carbocycles. The number of benzene rings is 2. The highest BCUT2D eigenvalue weighted by molar-refractivity contribution is 8.18. The number of para-hydroxylation sites is 2. The monoisotopic (exact) mass is 410 g/mol. The summed E-state index contributed by atoms with van der Waals surface area (Å²) in [7, 11) is 0. The van der Waals surface area contributed by atoms with Crippen LogP contribution in [0.3, 0.4) is 0 Å². The number of imide groups is 1. The van der Waals surface area contributed by atoms with Crippen molar-refractivity contribution in [1.82, 2.24) is 4.90 Å². The van der Waals surface area contributed by atoms with E-state index >= 15 is 0 Å².